The molecule has 5 rings (SSSR count). The summed E-state index contributed by atoms with van der Waals surface area (Å²) in [5, 5.41) is 8.29. The molecule has 2 aromatic carbocycles. The molecule has 6 heteroatoms. The lowest BCUT2D eigenvalue weighted by Gasteiger charge is -2.29. The third kappa shape index (κ3) is 2.66. The fourth-order valence-electron chi connectivity index (χ4n) is 3.60. The predicted octanol–water partition coefficient (Wildman–Crippen LogP) is 3.38. The van der Waals surface area contributed by atoms with Gasteiger partial charge in [0.25, 0.3) is 11.7 Å². The maximum atomic E-state index is 13.1. The van der Waals surface area contributed by atoms with E-state index in [1.807, 2.05) is 64.0 Å². The molecule has 0 aliphatic carbocycles. The number of carbonyl (C=O) groups excluding carboxylic acids is 1. The van der Waals surface area contributed by atoms with Gasteiger partial charge >= 0.3 is 0 Å². The second-order valence-electron chi connectivity index (χ2n) is 6.58. The summed E-state index contributed by atoms with van der Waals surface area (Å²) >= 11 is 0. The molecule has 0 bridgehead atoms. The Morgan fingerprint density at radius 1 is 0.963 bits per heavy atom. The maximum absolute atomic E-state index is 13.1. The molecule has 6 nitrogen and oxygen atoms in total. The molecular formula is C21H17N5O. The van der Waals surface area contributed by atoms with E-state index in [1.54, 1.807) is 6.20 Å². The van der Waals surface area contributed by atoms with E-state index < -0.39 is 0 Å². The summed E-state index contributed by atoms with van der Waals surface area (Å²) < 4.78 is 1.83. The lowest BCUT2D eigenvalue weighted by atomic mass is 10.0. The molecular weight excluding hydrogens is 338 g/mol. The first-order valence-corrected chi connectivity index (χ1v) is 8.97. The monoisotopic (exact) mass is 355 g/mol. The Bertz CT molecular complexity index is 1130. The number of hydrogen-bond donors (Lipinski definition) is 0. The maximum Gasteiger partial charge on any atom is 0.258 e. The van der Waals surface area contributed by atoms with Gasteiger partial charge in [0.1, 0.15) is 0 Å². The Labute approximate surface area is 156 Å². The molecule has 27 heavy (non-hydrogen) atoms. The third-order valence-electron chi connectivity index (χ3n) is 4.93. The number of hydrogen-bond acceptors (Lipinski definition) is 4. The van der Waals surface area contributed by atoms with Crippen molar-refractivity contribution in [2.24, 2.45) is 0 Å². The summed E-state index contributed by atoms with van der Waals surface area (Å²) in [4.78, 5) is 19.1. The van der Waals surface area contributed by atoms with Gasteiger partial charge in [-0.1, -0.05) is 30.3 Å². The van der Waals surface area contributed by atoms with Crippen LogP contribution < -0.4 is 4.90 Å². The molecule has 0 saturated heterocycles. The summed E-state index contributed by atoms with van der Waals surface area (Å²) in [6, 6.07) is 17.5. The summed E-state index contributed by atoms with van der Waals surface area (Å²) in [6.07, 6.45) is 5.57. The summed E-state index contributed by atoms with van der Waals surface area (Å²) in [6.45, 7) is 0.748. The number of carbonyl (C=O) groups is 1. The number of para-hydroxylation sites is 1. The van der Waals surface area contributed by atoms with Crippen LogP contribution in [0.15, 0.2) is 67.0 Å². The molecule has 1 aliphatic rings. The highest BCUT2D eigenvalue weighted by atomic mass is 16.2. The molecule has 1 aliphatic heterocycles. The number of rotatable bonds is 2. The van der Waals surface area contributed by atoms with Crippen molar-refractivity contribution in [1.82, 2.24) is 19.6 Å². The van der Waals surface area contributed by atoms with E-state index in [4.69, 9.17) is 0 Å². The fraction of sp³-hybridized carbons (Fsp3) is 0.143. The quantitative estimate of drug-likeness (QED) is 0.553. The Balaban J connectivity index is 1.47. The number of benzene rings is 2. The third-order valence-corrected chi connectivity index (χ3v) is 4.93. The summed E-state index contributed by atoms with van der Waals surface area (Å²) in [7, 11) is 0. The Morgan fingerprint density at radius 3 is 2.70 bits per heavy atom. The smallest absolute Gasteiger partial charge is 0.258 e. The van der Waals surface area contributed by atoms with Gasteiger partial charge in [-0.2, -0.15) is 0 Å². The molecule has 0 unspecified atom stereocenters. The SMILES string of the molecule is O=C(c1ccc(-c2nnc3ncccn23)cc1)N1CCCc2ccccc21. The highest BCUT2D eigenvalue weighted by Crippen LogP contribution is 2.28. The minimum Gasteiger partial charge on any atom is -0.308 e. The van der Waals surface area contributed by atoms with Crippen LogP contribution >= 0.6 is 0 Å². The summed E-state index contributed by atoms with van der Waals surface area (Å²) in [5.41, 5.74) is 3.82. The zero-order chi connectivity index (χ0) is 18.2. The van der Waals surface area contributed by atoms with E-state index in [2.05, 4.69) is 21.2 Å². The minimum absolute atomic E-state index is 0.0291. The van der Waals surface area contributed by atoms with E-state index in [9.17, 15) is 4.79 Å². The largest absolute Gasteiger partial charge is 0.308 e. The van der Waals surface area contributed by atoms with Crippen molar-refractivity contribution >= 4 is 17.4 Å². The van der Waals surface area contributed by atoms with Crippen molar-refractivity contribution in [2.45, 2.75) is 12.8 Å². The molecule has 2 aromatic heterocycles. The molecule has 1 amide bonds. The van der Waals surface area contributed by atoms with Gasteiger partial charge in [0.2, 0.25) is 0 Å². The molecule has 0 spiro atoms. The molecule has 0 atom stereocenters. The van der Waals surface area contributed by atoms with Crippen LogP contribution in [-0.4, -0.2) is 32.0 Å². The van der Waals surface area contributed by atoms with Crippen LogP contribution in [-0.2, 0) is 6.42 Å². The lowest BCUT2D eigenvalue weighted by molar-refractivity contribution is 0.0985. The molecule has 4 aromatic rings. The molecule has 3 heterocycles. The van der Waals surface area contributed by atoms with Crippen molar-refractivity contribution < 1.29 is 4.79 Å². The van der Waals surface area contributed by atoms with E-state index in [1.165, 1.54) is 5.56 Å². The van der Waals surface area contributed by atoms with Gasteiger partial charge in [-0.3, -0.25) is 9.20 Å². The van der Waals surface area contributed by atoms with Gasteiger partial charge in [-0.05, 0) is 42.7 Å². The van der Waals surface area contributed by atoms with Gasteiger partial charge in [0.15, 0.2) is 5.82 Å². The lowest BCUT2D eigenvalue weighted by Crippen LogP contribution is -2.35. The van der Waals surface area contributed by atoms with Crippen LogP contribution in [0.1, 0.15) is 22.3 Å². The van der Waals surface area contributed by atoms with Crippen LogP contribution in [0.5, 0.6) is 0 Å². The number of fused-ring (bicyclic) bond motifs is 2. The molecule has 0 saturated carbocycles. The van der Waals surface area contributed by atoms with Crippen molar-refractivity contribution in [3.8, 4) is 11.4 Å². The van der Waals surface area contributed by atoms with Gasteiger partial charge in [-0.15, -0.1) is 10.2 Å². The van der Waals surface area contributed by atoms with Crippen molar-refractivity contribution in [3.63, 3.8) is 0 Å². The Hall–Kier alpha value is -3.54. The fourth-order valence-corrected chi connectivity index (χ4v) is 3.60. The predicted molar refractivity (Wildman–Crippen MR) is 103 cm³/mol. The van der Waals surface area contributed by atoms with Gasteiger partial charge in [0, 0.05) is 35.8 Å². The first-order chi connectivity index (χ1) is 13.3. The van der Waals surface area contributed by atoms with Gasteiger partial charge in [-0.25, -0.2) is 4.98 Å². The average molecular weight is 355 g/mol. The highest BCUT2D eigenvalue weighted by Gasteiger charge is 2.23. The van der Waals surface area contributed by atoms with Crippen molar-refractivity contribution in [1.29, 1.82) is 0 Å². The van der Waals surface area contributed by atoms with Crippen LogP contribution in [0.2, 0.25) is 0 Å². The van der Waals surface area contributed by atoms with E-state index in [-0.39, 0.29) is 5.91 Å². The molecule has 0 radical (unpaired) electrons. The highest BCUT2D eigenvalue weighted by molar-refractivity contribution is 6.06. The Morgan fingerprint density at radius 2 is 1.81 bits per heavy atom. The van der Waals surface area contributed by atoms with E-state index >= 15 is 0 Å². The summed E-state index contributed by atoms with van der Waals surface area (Å²) in [5.74, 6) is 1.29. The van der Waals surface area contributed by atoms with Crippen LogP contribution in [0.4, 0.5) is 5.69 Å². The number of aryl methyl sites for hydroxylation is 1. The first kappa shape index (κ1) is 15.7. The van der Waals surface area contributed by atoms with E-state index in [0.717, 1.165) is 30.6 Å². The molecule has 0 fully saturated rings. The number of nitrogens with zero attached hydrogens (tertiary/aromatic N) is 5. The number of amides is 1. The van der Waals surface area contributed by atoms with Gasteiger partial charge in [0.05, 0.1) is 0 Å². The zero-order valence-electron chi connectivity index (χ0n) is 14.6. The topological polar surface area (TPSA) is 63.4 Å². The molecule has 0 N–H and O–H groups in total. The Kier molecular flexibility index (Phi) is 3.67. The first-order valence-electron chi connectivity index (χ1n) is 8.97. The van der Waals surface area contributed by atoms with Crippen molar-refractivity contribution in [3.05, 3.63) is 78.1 Å². The average Bonchev–Trinajstić information content (AvgIpc) is 3.17. The minimum atomic E-state index is 0.0291. The normalized spacial score (nSPS) is 13.6. The van der Waals surface area contributed by atoms with E-state index in [0.29, 0.717) is 17.2 Å². The van der Waals surface area contributed by atoms with Crippen molar-refractivity contribution in [2.75, 3.05) is 11.4 Å². The van der Waals surface area contributed by atoms with Crippen LogP contribution in [0.25, 0.3) is 17.2 Å². The number of anilines is 1. The van der Waals surface area contributed by atoms with Gasteiger partial charge < -0.3 is 4.90 Å². The number of aromatic nitrogens is 4. The van der Waals surface area contributed by atoms with Crippen LogP contribution in [0.3, 0.4) is 0 Å². The second-order valence-corrected chi connectivity index (χ2v) is 6.58. The standard InChI is InChI=1S/C21H17N5O/c27-20(25-13-3-6-15-5-1-2-7-18(15)25)17-10-8-16(9-11-17)19-23-24-21-22-12-4-14-26(19)21/h1-2,4-5,7-12,14H,3,6,13H2. The molecule has 132 valence electrons. The van der Waals surface area contributed by atoms with Crippen LogP contribution in [0, 0.1) is 0 Å². The second kappa shape index (κ2) is 6.32. The zero-order valence-corrected chi connectivity index (χ0v) is 14.6.